The van der Waals surface area contributed by atoms with Crippen LogP contribution in [0.4, 0.5) is 11.4 Å². The van der Waals surface area contributed by atoms with E-state index < -0.39 is 0 Å². The third kappa shape index (κ3) is 3.20. The van der Waals surface area contributed by atoms with Gasteiger partial charge in [0.2, 0.25) is 5.91 Å². The second-order valence-electron chi connectivity index (χ2n) is 3.66. The fraction of sp³-hybridized carbons (Fsp3) is 0.0909. The van der Waals surface area contributed by atoms with Crippen LogP contribution < -0.4 is 11.1 Å². The molecule has 0 aliphatic heterocycles. The number of anilines is 2. The van der Waals surface area contributed by atoms with Crippen LogP contribution in [0.2, 0.25) is 5.02 Å². The molecular formula is C11H9ClN6O. The molecule has 7 nitrogen and oxygen atoms in total. The van der Waals surface area contributed by atoms with Gasteiger partial charge in [-0.05, 0) is 18.2 Å². The SMILES string of the molecule is N#Cc1ncn(CC(=O)Nc2cc(Cl)ccc2N)n1. The van der Waals surface area contributed by atoms with E-state index in [2.05, 4.69) is 15.4 Å². The standard InChI is InChI=1S/C11H9ClN6O/c12-7-1-2-8(14)9(3-7)16-11(19)5-18-6-15-10(4-13)17-18/h1-3,6H,5,14H2,(H,16,19). The number of aromatic nitrogens is 3. The predicted molar refractivity (Wildman–Crippen MR) is 69.2 cm³/mol. The maximum Gasteiger partial charge on any atom is 0.252 e. The highest BCUT2D eigenvalue weighted by Gasteiger charge is 2.08. The summed E-state index contributed by atoms with van der Waals surface area (Å²) in [6.45, 7) is -0.0688. The van der Waals surface area contributed by atoms with E-state index in [0.717, 1.165) is 0 Å². The van der Waals surface area contributed by atoms with Gasteiger partial charge in [0.15, 0.2) is 0 Å². The first-order chi connectivity index (χ1) is 9.08. The molecule has 19 heavy (non-hydrogen) atoms. The van der Waals surface area contributed by atoms with Crippen LogP contribution >= 0.6 is 11.6 Å². The summed E-state index contributed by atoms with van der Waals surface area (Å²) < 4.78 is 1.26. The van der Waals surface area contributed by atoms with Crippen molar-refractivity contribution in [2.75, 3.05) is 11.1 Å². The highest BCUT2D eigenvalue weighted by molar-refractivity contribution is 6.31. The number of carbonyl (C=O) groups is 1. The van der Waals surface area contributed by atoms with Gasteiger partial charge in [0.05, 0.1) is 11.4 Å². The molecule has 0 spiro atoms. The molecule has 1 heterocycles. The third-order valence-electron chi connectivity index (χ3n) is 2.23. The third-order valence-corrected chi connectivity index (χ3v) is 2.47. The van der Waals surface area contributed by atoms with Crippen molar-refractivity contribution < 1.29 is 4.79 Å². The van der Waals surface area contributed by atoms with E-state index in [1.807, 2.05) is 0 Å². The first kappa shape index (κ1) is 12.9. The molecule has 1 aromatic carbocycles. The van der Waals surface area contributed by atoms with Gasteiger partial charge >= 0.3 is 0 Å². The van der Waals surface area contributed by atoms with E-state index in [9.17, 15) is 4.79 Å². The lowest BCUT2D eigenvalue weighted by Crippen LogP contribution is -2.19. The Kier molecular flexibility index (Phi) is 3.63. The van der Waals surface area contributed by atoms with Crippen LogP contribution in [0.25, 0.3) is 0 Å². The van der Waals surface area contributed by atoms with Gasteiger partial charge in [-0.3, -0.25) is 4.79 Å². The van der Waals surface area contributed by atoms with E-state index in [-0.39, 0.29) is 18.3 Å². The van der Waals surface area contributed by atoms with Crippen LogP contribution in [-0.2, 0) is 11.3 Å². The molecule has 3 N–H and O–H groups in total. The maximum atomic E-state index is 11.8. The molecule has 0 saturated heterocycles. The molecule has 96 valence electrons. The molecule has 0 saturated carbocycles. The van der Waals surface area contributed by atoms with E-state index in [1.54, 1.807) is 24.3 Å². The number of carbonyl (C=O) groups excluding carboxylic acids is 1. The van der Waals surface area contributed by atoms with Crippen molar-refractivity contribution in [3.8, 4) is 6.07 Å². The Labute approximate surface area is 113 Å². The Morgan fingerprint density at radius 1 is 1.58 bits per heavy atom. The average molecular weight is 277 g/mol. The highest BCUT2D eigenvalue weighted by Crippen LogP contribution is 2.22. The van der Waals surface area contributed by atoms with Crippen molar-refractivity contribution in [1.29, 1.82) is 5.26 Å². The molecular weight excluding hydrogens is 268 g/mol. The van der Waals surface area contributed by atoms with Crippen LogP contribution in [0.15, 0.2) is 24.5 Å². The molecule has 0 unspecified atom stereocenters. The molecule has 0 atom stereocenters. The average Bonchev–Trinajstić information content (AvgIpc) is 2.81. The molecule has 0 fully saturated rings. The normalized spacial score (nSPS) is 9.89. The minimum Gasteiger partial charge on any atom is -0.397 e. The monoisotopic (exact) mass is 276 g/mol. The summed E-state index contributed by atoms with van der Waals surface area (Å²) in [5.41, 5.74) is 6.55. The number of amides is 1. The number of benzene rings is 1. The summed E-state index contributed by atoms with van der Waals surface area (Å²) in [5, 5.41) is 15.4. The van der Waals surface area contributed by atoms with E-state index in [4.69, 9.17) is 22.6 Å². The molecule has 0 bridgehead atoms. The molecule has 2 rings (SSSR count). The fourth-order valence-electron chi connectivity index (χ4n) is 1.40. The quantitative estimate of drug-likeness (QED) is 0.814. The van der Waals surface area contributed by atoms with E-state index in [0.29, 0.717) is 16.4 Å². The van der Waals surface area contributed by atoms with Crippen molar-refractivity contribution in [3.05, 3.63) is 35.4 Å². The number of nitriles is 1. The number of nitrogens with one attached hydrogen (secondary N) is 1. The van der Waals surface area contributed by atoms with Crippen LogP contribution in [0.5, 0.6) is 0 Å². The topological polar surface area (TPSA) is 110 Å². The van der Waals surface area contributed by atoms with E-state index >= 15 is 0 Å². The molecule has 0 aliphatic rings. The lowest BCUT2D eigenvalue weighted by molar-refractivity contribution is -0.116. The van der Waals surface area contributed by atoms with Gasteiger partial charge in [-0.2, -0.15) is 5.26 Å². The van der Waals surface area contributed by atoms with Crippen LogP contribution in [-0.4, -0.2) is 20.7 Å². The Bertz CT molecular complexity index is 659. The van der Waals surface area contributed by atoms with Gasteiger partial charge in [0, 0.05) is 5.02 Å². The summed E-state index contributed by atoms with van der Waals surface area (Å²) >= 11 is 5.81. The summed E-state index contributed by atoms with van der Waals surface area (Å²) in [5.74, 6) is -0.335. The Balaban J connectivity index is 2.05. The van der Waals surface area contributed by atoms with Crippen molar-refractivity contribution in [2.45, 2.75) is 6.54 Å². The summed E-state index contributed by atoms with van der Waals surface area (Å²) in [6.07, 6.45) is 1.31. The molecule has 2 aromatic rings. The number of rotatable bonds is 3. The van der Waals surface area contributed by atoms with Gasteiger partial charge in [-0.15, -0.1) is 5.10 Å². The number of hydrogen-bond acceptors (Lipinski definition) is 5. The van der Waals surface area contributed by atoms with Crippen LogP contribution in [0, 0.1) is 11.3 Å². The minimum atomic E-state index is -0.344. The largest absolute Gasteiger partial charge is 0.397 e. The van der Waals surface area contributed by atoms with Gasteiger partial charge in [-0.25, -0.2) is 9.67 Å². The van der Waals surface area contributed by atoms with Crippen molar-refractivity contribution in [1.82, 2.24) is 14.8 Å². The number of nitrogens with zero attached hydrogens (tertiary/aromatic N) is 4. The smallest absolute Gasteiger partial charge is 0.252 e. The van der Waals surface area contributed by atoms with Crippen LogP contribution in [0.3, 0.4) is 0 Å². The van der Waals surface area contributed by atoms with Crippen molar-refractivity contribution in [3.63, 3.8) is 0 Å². The lowest BCUT2D eigenvalue weighted by atomic mass is 10.2. The lowest BCUT2D eigenvalue weighted by Gasteiger charge is -2.08. The van der Waals surface area contributed by atoms with Crippen LogP contribution in [0.1, 0.15) is 5.82 Å². The summed E-state index contributed by atoms with van der Waals surface area (Å²) in [6, 6.07) is 6.55. The Morgan fingerprint density at radius 2 is 2.37 bits per heavy atom. The van der Waals surface area contributed by atoms with Gasteiger partial charge < -0.3 is 11.1 Å². The first-order valence-electron chi connectivity index (χ1n) is 5.23. The number of nitrogens with two attached hydrogens (primary N) is 1. The summed E-state index contributed by atoms with van der Waals surface area (Å²) in [4.78, 5) is 15.5. The first-order valence-corrected chi connectivity index (χ1v) is 5.60. The molecule has 8 heteroatoms. The summed E-state index contributed by atoms with van der Waals surface area (Å²) in [7, 11) is 0. The van der Waals surface area contributed by atoms with E-state index in [1.165, 1.54) is 11.0 Å². The zero-order valence-corrected chi connectivity index (χ0v) is 10.4. The fourth-order valence-corrected chi connectivity index (χ4v) is 1.57. The van der Waals surface area contributed by atoms with Crippen molar-refractivity contribution in [2.24, 2.45) is 0 Å². The number of hydrogen-bond donors (Lipinski definition) is 2. The molecule has 0 radical (unpaired) electrons. The zero-order chi connectivity index (χ0) is 13.8. The minimum absolute atomic E-state index is 0.00932. The maximum absolute atomic E-state index is 11.8. The highest BCUT2D eigenvalue weighted by atomic mass is 35.5. The Hall–Kier alpha value is -2.59. The second kappa shape index (κ2) is 5.37. The molecule has 1 amide bonds. The van der Waals surface area contributed by atoms with Gasteiger partial charge in [-0.1, -0.05) is 11.6 Å². The zero-order valence-electron chi connectivity index (χ0n) is 9.67. The number of halogens is 1. The van der Waals surface area contributed by atoms with Gasteiger partial charge in [0.25, 0.3) is 5.82 Å². The Morgan fingerprint density at radius 3 is 3.05 bits per heavy atom. The molecule has 1 aromatic heterocycles. The predicted octanol–water partition coefficient (Wildman–Crippen LogP) is 1.02. The van der Waals surface area contributed by atoms with Crippen molar-refractivity contribution >= 4 is 28.9 Å². The number of nitrogen functional groups attached to an aromatic ring is 1. The molecule has 0 aliphatic carbocycles. The van der Waals surface area contributed by atoms with Gasteiger partial charge in [0.1, 0.15) is 18.9 Å². The second-order valence-corrected chi connectivity index (χ2v) is 4.09.